The molecule has 1 aromatic carbocycles. The van der Waals surface area contributed by atoms with Crippen molar-refractivity contribution in [1.82, 2.24) is 16.2 Å². The highest BCUT2D eigenvalue weighted by Gasteiger charge is 2.29. The summed E-state index contributed by atoms with van der Waals surface area (Å²) in [7, 11) is 1.47. The van der Waals surface area contributed by atoms with Crippen LogP contribution in [0.2, 0.25) is 0 Å². The minimum absolute atomic E-state index is 0.284. The monoisotopic (exact) mass is 313 g/mol. The molecule has 18 heavy (non-hydrogen) atoms. The minimum atomic E-state index is -0.734. The molecule has 0 aromatic heterocycles. The van der Waals surface area contributed by atoms with Crippen LogP contribution in [0.4, 0.5) is 4.79 Å². The Hall–Kier alpha value is -1.56. The zero-order chi connectivity index (χ0) is 13.8. The summed E-state index contributed by atoms with van der Waals surface area (Å²) in [6, 6.07) is 7.01. The molecule has 0 radical (unpaired) electrons. The fourth-order valence-corrected chi connectivity index (χ4v) is 1.59. The molecule has 0 aliphatic heterocycles. The lowest BCUT2D eigenvalue weighted by molar-refractivity contribution is -0.126. The van der Waals surface area contributed by atoms with Gasteiger partial charge in [0.25, 0.3) is 0 Å². The summed E-state index contributed by atoms with van der Waals surface area (Å²) in [6.45, 7) is 3.58. The highest BCUT2D eigenvalue weighted by Crippen LogP contribution is 2.24. The van der Waals surface area contributed by atoms with E-state index in [0.717, 1.165) is 10.0 Å². The predicted octanol–water partition coefficient (Wildman–Crippen LogP) is 1.69. The van der Waals surface area contributed by atoms with E-state index in [9.17, 15) is 9.59 Å². The molecule has 0 fully saturated rings. The maximum Gasteiger partial charge on any atom is 0.333 e. The zero-order valence-corrected chi connectivity index (χ0v) is 12.1. The molecule has 1 aromatic rings. The van der Waals surface area contributed by atoms with Crippen molar-refractivity contribution >= 4 is 27.9 Å². The molecule has 0 bridgehead atoms. The van der Waals surface area contributed by atoms with Gasteiger partial charge in [0.15, 0.2) is 0 Å². The molecule has 3 N–H and O–H groups in total. The molecule has 0 unspecified atom stereocenters. The maximum absolute atomic E-state index is 12.0. The van der Waals surface area contributed by atoms with Gasteiger partial charge in [-0.05, 0) is 31.5 Å². The van der Waals surface area contributed by atoms with E-state index in [1.54, 1.807) is 13.8 Å². The lowest BCUT2D eigenvalue weighted by Crippen LogP contribution is -2.51. The summed E-state index contributed by atoms with van der Waals surface area (Å²) >= 11 is 3.34. The molecule has 5 nitrogen and oxygen atoms in total. The second-order valence-corrected chi connectivity index (χ2v) is 5.21. The van der Waals surface area contributed by atoms with E-state index in [1.165, 1.54) is 7.05 Å². The molecule has 0 saturated carbocycles. The van der Waals surface area contributed by atoms with Crippen molar-refractivity contribution in [1.29, 1.82) is 0 Å². The van der Waals surface area contributed by atoms with Crippen LogP contribution in [0.3, 0.4) is 0 Å². The molecule has 0 heterocycles. The summed E-state index contributed by atoms with van der Waals surface area (Å²) in [5.74, 6) is -0.284. The van der Waals surface area contributed by atoms with Crippen LogP contribution >= 0.6 is 15.9 Å². The van der Waals surface area contributed by atoms with Crippen molar-refractivity contribution in [2.45, 2.75) is 19.3 Å². The molecule has 0 aliphatic carbocycles. The summed E-state index contributed by atoms with van der Waals surface area (Å²) in [5.41, 5.74) is 4.76. The second kappa shape index (κ2) is 5.86. The van der Waals surface area contributed by atoms with Crippen LogP contribution in [0.15, 0.2) is 28.7 Å². The van der Waals surface area contributed by atoms with Crippen LogP contribution in [0.25, 0.3) is 0 Å². The number of hydrogen-bond acceptors (Lipinski definition) is 2. The first kappa shape index (κ1) is 14.5. The molecular weight excluding hydrogens is 298 g/mol. The van der Waals surface area contributed by atoms with Gasteiger partial charge in [-0.2, -0.15) is 0 Å². The molecule has 6 heteroatoms. The fraction of sp³-hybridized carbons (Fsp3) is 0.333. The standard InChI is InChI=1S/C12H16BrN3O2/c1-12(2,8-4-6-9(13)7-5-8)10(17)15-16-11(18)14-3/h4-7H,1-3H3,(H,15,17)(H2,14,16,18). The van der Waals surface area contributed by atoms with Gasteiger partial charge in [-0.15, -0.1) is 0 Å². The third-order valence-electron chi connectivity index (χ3n) is 2.65. The van der Waals surface area contributed by atoms with E-state index in [0.29, 0.717) is 0 Å². The smallest absolute Gasteiger partial charge is 0.333 e. The molecule has 0 atom stereocenters. The number of rotatable bonds is 2. The van der Waals surface area contributed by atoms with Gasteiger partial charge in [0, 0.05) is 11.5 Å². The average molecular weight is 314 g/mol. The highest BCUT2D eigenvalue weighted by atomic mass is 79.9. The Morgan fingerprint density at radius 1 is 1.11 bits per heavy atom. The number of halogens is 1. The number of nitrogens with one attached hydrogen (secondary N) is 3. The number of carbonyl (C=O) groups excluding carboxylic acids is 2. The van der Waals surface area contributed by atoms with Crippen molar-refractivity contribution in [3.8, 4) is 0 Å². The topological polar surface area (TPSA) is 70.2 Å². The van der Waals surface area contributed by atoms with Crippen LogP contribution < -0.4 is 16.2 Å². The third-order valence-corrected chi connectivity index (χ3v) is 3.18. The van der Waals surface area contributed by atoms with Gasteiger partial charge in [0.2, 0.25) is 5.91 Å². The first-order valence-electron chi connectivity index (χ1n) is 5.42. The summed E-state index contributed by atoms with van der Waals surface area (Å²) in [6.07, 6.45) is 0. The lowest BCUT2D eigenvalue weighted by Gasteiger charge is -2.24. The number of benzene rings is 1. The van der Waals surface area contributed by atoms with E-state index < -0.39 is 11.4 Å². The SMILES string of the molecule is CNC(=O)NNC(=O)C(C)(C)c1ccc(Br)cc1. The Kier molecular flexibility index (Phi) is 4.72. The van der Waals surface area contributed by atoms with Crippen LogP contribution in [0.1, 0.15) is 19.4 Å². The number of carbonyl (C=O) groups is 2. The molecule has 98 valence electrons. The first-order valence-corrected chi connectivity index (χ1v) is 6.21. The third kappa shape index (κ3) is 3.46. The van der Waals surface area contributed by atoms with Crippen LogP contribution in [0.5, 0.6) is 0 Å². The first-order chi connectivity index (χ1) is 8.37. The van der Waals surface area contributed by atoms with E-state index >= 15 is 0 Å². The Balaban J connectivity index is 2.76. The minimum Gasteiger partial charge on any atom is -0.340 e. The molecule has 1 rings (SSSR count). The van der Waals surface area contributed by atoms with E-state index in [2.05, 4.69) is 32.1 Å². The van der Waals surface area contributed by atoms with Crippen molar-refractivity contribution in [3.63, 3.8) is 0 Å². The summed E-state index contributed by atoms with van der Waals surface area (Å²) in [5, 5.41) is 2.35. The van der Waals surface area contributed by atoms with Crippen LogP contribution in [-0.4, -0.2) is 19.0 Å². The van der Waals surface area contributed by atoms with Gasteiger partial charge in [0.05, 0.1) is 5.41 Å². The Labute approximate surface area is 114 Å². The normalized spacial score (nSPS) is 10.7. The van der Waals surface area contributed by atoms with Crippen LogP contribution in [-0.2, 0) is 10.2 Å². The summed E-state index contributed by atoms with van der Waals surface area (Å²) < 4.78 is 0.950. The molecule has 3 amide bonds. The lowest BCUT2D eigenvalue weighted by atomic mass is 9.84. The van der Waals surface area contributed by atoms with Gasteiger partial charge in [0.1, 0.15) is 0 Å². The van der Waals surface area contributed by atoms with Gasteiger partial charge in [-0.1, -0.05) is 28.1 Å². The van der Waals surface area contributed by atoms with E-state index in [1.807, 2.05) is 24.3 Å². The molecule has 0 saturated heterocycles. The van der Waals surface area contributed by atoms with Gasteiger partial charge < -0.3 is 5.32 Å². The average Bonchev–Trinajstić information content (AvgIpc) is 2.35. The van der Waals surface area contributed by atoms with Gasteiger partial charge in [-0.3, -0.25) is 10.2 Å². The Morgan fingerprint density at radius 2 is 1.67 bits per heavy atom. The van der Waals surface area contributed by atoms with Crippen molar-refractivity contribution in [2.24, 2.45) is 0 Å². The van der Waals surface area contributed by atoms with Crippen LogP contribution in [0, 0.1) is 0 Å². The Bertz CT molecular complexity index is 443. The second-order valence-electron chi connectivity index (χ2n) is 4.29. The zero-order valence-electron chi connectivity index (χ0n) is 10.5. The maximum atomic E-state index is 12.0. The largest absolute Gasteiger partial charge is 0.340 e. The van der Waals surface area contributed by atoms with E-state index in [4.69, 9.17) is 0 Å². The van der Waals surface area contributed by atoms with Gasteiger partial charge >= 0.3 is 6.03 Å². The molecular formula is C12H16BrN3O2. The number of hydrazine groups is 1. The number of hydrogen-bond donors (Lipinski definition) is 3. The molecule has 0 aliphatic rings. The summed E-state index contributed by atoms with van der Waals surface area (Å²) in [4.78, 5) is 23.0. The quantitative estimate of drug-likeness (QED) is 0.727. The highest BCUT2D eigenvalue weighted by molar-refractivity contribution is 9.10. The van der Waals surface area contributed by atoms with Crippen molar-refractivity contribution in [2.75, 3.05) is 7.05 Å². The number of amides is 3. The van der Waals surface area contributed by atoms with E-state index in [-0.39, 0.29) is 5.91 Å². The van der Waals surface area contributed by atoms with Crippen molar-refractivity contribution < 1.29 is 9.59 Å². The van der Waals surface area contributed by atoms with Gasteiger partial charge in [-0.25, -0.2) is 10.2 Å². The fourth-order valence-electron chi connectivity index (χ4n) is 1.33. The molecule has 0 spiro atoms. The Morgan fingerprint density at radius 3 is 2.17 bits per heavy atom. The van der Waals surface area contributed by atoms with Crippen molar-refractivity contribution in [3.05, 3.63) is 34.3 Å². The number of urea groups is 1. The predicted molar refractivity (Wildman–Crippen MR) is 72.9 cm³/mol.